The van der Waals surface area contributed by atoms with E-state index < -0.39 is 12.1 Å². The molecule has 154 valence electrons. The molecule has 1 aliphatic carbocycles. The second-order valence-corrected chi connectivity index (χ2v) is 9.14. The van der Waals surface area contributed by atoms with Crippen LogP contribution in [0.2, 0.25) is 0 Å². The van der Waals surface area contributed by atoms with Crippen molar-refractivity contribution in [2.75, 3.05) is 11.4 Å². The SMILES string of the molecule is CC1(C)CCC(C)(C)c2cc3c(cc21)C(=C/C=C/C=C/C(=O)O)CCN3C(=O)O. The fourth-order valence-electron chi connectivity index (χ4n) is 4.32. The number of hydrogen-bond donors (Lipinski definition) is 2. The van der Waals surface area contributed by atoms with Crippen LogP contribution >= 0.6 is 0 Å². The number of amides is 1. The zero-order valence-electron chi connectivity index (χ0n) is 17.5. The van der Waals surface area contributed by atoms with Crippen LogP contribution in [-0.2, 0) is 15.6 Å². The molecule has 2 aliphatic rings. The third-order valence-corrected chi connectivity index (χ3v) is 6.20. The number of fused-ring (bicyclic) bond motifs is 2. The van der Waals surface area contributed by atoms with Gasteiger partial charge in [0.2, 0.25) is 0 Å². The zero-order chi connectivity index (χ0) is 21.4. The summed E-state index contributed by atoms with van der Waals surface area (Å²) in [7, 11) is 0. The largest absolute Gasteiger partial charge is 0.478 e. The Bertz CT molecular complexity index is 934. The Kier molecular flexibility index (Phi) is 5.44. The van der Waals surface area contributed by atoms with E-state index in [9.17, 15) is 14.7 Å². The van der Waals surface area contributed by atoms with Gasteiger partial charge in [-0.25, -0.2) is 9.59 Å². The molecule has 0 unspecified atom stereocenters. The molecule has 29 heavy (non-hydrogen) atoms. The van der Waals surface area contributed by atoms with Crippen LogP contribution in [0.1, 0.15) is 63.6 Å². The Balaban J connectivity index is 2.13. The van der Waals surface area contributed by atoms with Gasteiger partial charge < -0.3 is 10.2 Å². The van der Waals surface area contributed by atoms with E-state index in [0.717, 1.165) is 35.7 Å². The van der Waals surface area contributed by atoms with Crippen LogP contribution < -0.4 is 4.90 Å². The van der Waals surface area contributed by atoms with E-state index in [-0.39, 0.29) is 10.8 Å². The van der Waals surface area contributed by atoms with Gasteiger partial charge in [0.1, 0.15) is 0 Å². The molecule has 0 saturated carbocycles. The van der Waals surface area contributed by atoms with Crippen LogP contribution in [0.5, 0.6) is 0 Å². The smallest absolute Gasteiger partial charge is 0.411 e. The van der Waals surface area contributed by atoms with E-state index in [1.54, 1.807) is 6.08 Å². The maximum Gasteiger partial charge on any atom is 0.411 e. The van der Waals surface area contributed by atoms with Crippen LogP contribution in [0, 0.1) is 0 Å². The van der Waals surface area contributed by atoms with Crippen molar-refractivity contribution < 1.29 is 19.8 Å². The highest BCUT2D eigenvalue weighted by atomic mass is 16.4. The van der Waals surface area contributed by atoms with Crippen molar-refractivity contribution in [2.45, 2.75) is 57.8 Å². The molecule has 0 radical (unpaired) electrons. The number of benzene rings is 1. The lowest BCUT2D eigenvalue weighted by atomic mass is 9.62. The summed E-state index contributed by atoms with van der Waals surface area (Å²) in [5.74, 6) is -0.987. The highest BCUT2D eigenvalue weighted by Gasteiger charge is 2.39. The molecule has 2 N–H and O–H groups in total. The van der Waals surface area contributed by atoms with E-state index in [4.69, 9.17) is 5.11 Å². The number of carboxylic acids is 1. The Morgan fingerprint density at radius 3 is 2.17 bits per heavy atom. The molecule has 1 aromatic carbocycles. The van der Waals surface area contributed by atoms with Crippen molar-refractivity contribution in [1.82, 2.24) is 0 Å². The minimum atomic E-state index is -0.987. The third-order valence-electron chi connectivity index (χ3n) is 6.20. The quantitative estimate of drug-likeness (QED) is 0.523. The molecule has 0 saturated heterocycles. The molecular weight excluding hydrogens is 366 g/mol. The van der Waals surface area contributed by atoms with Crippen LogP contribution in [0.4, 0.5) is 10.5 Å². The predicted molar refractivity (Wildman–Crippen MR) is 116 cm³/mol. The monoisotopic (exact) mass is 395 g/mol. The summed E-state index contributed by atoms with van der Waals surface area (Å²) in [5, 5.41) is 18.4. The lowest BCUT2D eigenvalue weighted by molar-refractivity contribution is -0.131. The molecular formula is C24H29NO4. The van der Waals surface area contributed by atoms with Gasteiger partial charge in [-0.05, 0) is 58.9 Å². The van der Waals surface area contributed by atoms with Gasteiger partial charge in [0.05, 0.1) is 5.69 Å². The summed E-state index contributed by atoms with van der Waals surface area (Å²) in [6, 6.07) is 4.27. The first-order valence-corrected chi connectivity index (χ1v) is 9.99. The van der Waals surface area contributed by atoms with Crippen LogP contribution in [0.3, 0.4) is 0 Å². The van der Waals surface area contributed by atoms with Gasteiger partial charge in [0, 0.05) is 18.2 Å². The van der Waals surface area contributed by atoms with Crippen LogP contribution in [0.15, 0.2) is 42.5 Å². The van der Waals surface area contributed by atoms with Crippen molar-refractivity contribution in [3.63, 3.8) is 0 Å². The number of carboxylic acid groups (broad SMARTS) is 2. The molecule has 0 aromatic heterocycles. The van der Waals surface area contributed by atoms with Crippen molar-refractivity contribution in [2.24, 2.45) is 0 Å². The fraction of sp³-hybridized carbons (Fsp3) is 0.417. The highest BCUT2D eigenvalue weighted by Crippen LogP contribution is 2.49. The number of aliphatic carboxylic acids is 1. The molecule has 0 fully saturated rings. The topological polar surface area (TPSA) is 77.8 Å². The number of allylic oxidation sites excluding steroid dienone is 4. The van der Waals surface area contributed by atoms with Crippen molar-refractivity contribution in [1.29, 1.82) is 0 Å². The molecule has 3 rings (SSSR count). The van der Waals surface area contributed by atoms with Crippen molar-refractivity contribution in [3.05, 3.63) is 59.2 Å². The van der Waals surface area contributed by atoms with E-state index in [1.165, 1.54) is 22.1 Å². The predicted octanol–water partition coefficient (Wildman–Crippen LogP) is 5.50. The molecule has 0 spiro atoms. The molecule has 1 aliphatic heterocycles. The molecule has 0 bridgehead atoms. The first kappa shape index (κ1) is 20.9. The number of rotatable bonds is 3. The zero-order valence-corrected chi connectivity index (χ0v) is 17.5. The molecule has 1 aromatic rings. The number of nitrogens with zero attached hydrogens (tertiary/aromatic N) is 1. The lowest BCUT2D eigenvalue weighted by Gasteiger charge is -2.43. The average molecular weight is 395 g/mol. The van der Waals surface area contributed by atoms with E-state index in [2.05, 4.69) is 39.8 Å². The number of hydrogen-bond acceptors (Lipinski definition) is 2. The average Bonchev–Trinajstić information content (AvgIpc) is 2.63. The molecule has 0 atom stereocenters. The minimum absolute atomic E-state index is 0.00686. The van der Waals surface area contributed by atoms with E-state index in [0.29, 0.717) is 13.0 Å². The summed E-state index contributed by atoms with van der Waals surface area (Å²) in [6.45, 7) is 9.39. The Morgan fingerprint density at radius 1 is 0.966 bits per heavy atom. The van der Waals surface area contributed by atoms with Gasteiger partial charge >= 0.3 is 12.1 Å². The first-order valence-electron chi connectivity index (χ1n) is 9.99. The van der Waals surface area contributed by atoms with Gasteiger partial charge in [-0.3, -0.25) is 4.90 Å². The van der Waals surface area contributed by atoms with Gasteiger partial charge in [-0.15, -0.1) is 0 Å². The fourth-order valence-corrected chi connectivity index (χ4v) is 4.32. The standard InChI is InChI=1S/C24H29NO4/c1-23(2)11-12-24(3,4)19-15-20-17(14-18(19)23)16(10-13-25(20)22(28)29)8-6-5-7-9-21(26)27/h5-9,14-15H,10-13H2,1-4H3,(H,26,27)(H,28,29)/b6-5+,9-7+,16-8?. The van der Waals surface area contributed by atoms with Gasteiger partial charge in [0.15, 0.2) is 0 Å². The van der Waals surface area contributed by atoms with Gasteiger partial charge in [-0.2, -0.15) is 0 Å². The second kappa shape index (κ2) is 7.54. The van der Waals surface area contributed by atoms with Crippen molar-refractivity contribution >= 4 is 23.3 Å². The van der Waals surface area contributed by atoms with E-state index >= 15 is 0 Å². The minimum Gasteiger partial charge on any atom is -0.478 e. The number of carbonyl (C=O) groups is 2. The molecule has 5 heteroatoms. The Morgan fingerprint density at radius 2 is 1.59 bits per heavy atom. The molecule has 1 heterocycles. The summed E-state index contributed by atoms with van der Waals surface area (Å²) >= 11 is 0. The Labute approximate surface area is 172 Å². The summed E-state index contributed by atoms with van der Waals surface area (Å²) in [5.41, 5.74) is 5.34. The maximum atomic E-state index is 11.9. The van der Waals surface area contributed by atoms with Crippen molar-refractivity contribution in [3.8, 4) is 0 Å². The maximum absolute atomic E-state index is 11.9. The molecule has 1 amide bonds. The van der Waals surface area contributed by atoms with E-state index in [1.807, 2.05) is 12.2 Å². The normalized spacial score (nSPS) is 21.4. The second-order valence-electron chi connectivity index (χ2n) is 9.14. The Hall–Kier alpha value is -2.82. The molecule has 5 nitrogen and oxygen atoms in total. The van der Waals surface area contributed by atoms with Crippen LogP contribution in [-0.4, -0.2) is 28.8 Å². The highest BCUT2D eigenvalue weighted by molar-refractivity contribution is 5.94. The summed E-state index contributed by atoms with van der Waals surface area (Å²) < 4.78 is 0. The summed E-state index contributed by atoms with van der Waals surface area (Å²) in [4.78, 5) is 23.9. The van der Waals surface area contributed by atoms with Crippen LogP contribution in [0.25, 0.3) is 5.57 Å². The van der Waals surface area contributed by atoms with Gasteiger partial charge in [0.25, 0.3) is 0 Å². The summed E-state index contributed by atoms with van der Waals surface area (Å²) in [6.07, 6.45) is 9.85. The third kappa shape index (κ3) is 4.14. The first-order chi connectivity index (χ1) is 13.5. The number of anilines is 1. The lowest BCUT2D eigenvalue weighted by Crippen LogP contribution is -2.37. The van der Waals surface area contributed by atoms with Gasteiger partial charge in [-0.1, -0.05) is 52.0 Å².